The fraction of sp³-hybridized carbons (Fsp3) is 0.634. The van der Waals surface area contributed by atoms with Crippen LogP contribution in [0.5, 0.6) is 11.5 Å². The summed E-state index contributed by atoms with van der Waals surface area (Å²) in [7, 11) is 3.44. The molecule has 0 atom stereocenters. The molecule has 0 bridgehead atoms. The van der Waals surface area contributed by atoms with E-state index in [2.05, 4.69) is 83.9 Å². The van der Waals surface area contributed by atoms with Crippen LogP contribution in [-0.2, 0) is 32.0 Å². The van der Waals surface area contributed by atoms with E-state index >= 15 is 0 Å². The first-order valence-corrected chi connectivity index (χ1v) is 18.3. The molecule has 13 heteroatoms. The summed E-state index contributed by atoms with van der Waals surface area (Å²) in [5, 5.41) is 2.95. The molecule has 2 saturated heterocycles. The molecule has 0 radical (unpaired) electrons. The van der Waals surface area contributed by atoms with E-state index < -0.39 is 18.1 Å². The van der Waals surface area contributed by atoms with E-state index in [1.165, 1.54) is 37.1 Å². The first kappa shape index (κ1) is 48.3. The number of hydrogen-bond donors (Lipinski definition) is 2. The number of piperidine rings is 2. The van der Waals surface area contributed by atoms with Gasteiger partial charge in [0.05, 0.1) is 14.2 Å². The Kier molecular flexibility index (Phi) is 20.3. The smallest absolute Gasteiger partial charge is 0.491 e. The number of alkyl halides is 3. The number of halogens is 3. The van der Waals surface area contributed by atoms with Gasteiger partial charge < -0.3 is 25.3 Å². The third kappa shape index (κ3) is 17.2. The summed E-state index contributed by atoms with van der Waals surface area (Å²) >= 11 is 0. The predicted octanol–water partition coefficient (Wildman–Crippen LogP) is 6.83. The second kappa shape index (κ2) is 22.6. The molecule has 54 heavy (non-hydrogen) atoms. The maximum atomic E-state index is 11.2. The van der Waals surface area contributed by atoms with Crippen LogP contribution in [0.3, 0.4) is 0 Å². The number of ether oxygens (including phenoxy) is 3. The molecule has 0 aliphatic carbocycles. The topological polar surface area (TPSA) is 123 Å². The minimum atomic E-state index is -5.09. The fourth-order valence-electron chi connectivity index (χ4n) is 6.78. The second-order valence-electron chi connectivity index (χ2n) is 15.1. The highest BCUT2D eigenvalue weighted by atomic mass is 19.4. The normalized spacial score (nSPS) is 16.0. The van der Waals surface area contributed by atoms with Crippen molar-refractivity contribution in [1.82, 2.24) is 15.1 Å². The maximum Gasteiger partial charge on any atom is 0.491 e. The lowest BCUT2D eigenvalue weighted by Gasteiger charge is -2.43. The van der Waals surface area contributed by atoms with Crippen molar-refractivity contribution < 1.29 is 41.8 Å². The summed E-state index contributed by atoms with van der Waals surface area (Å²) in [6.45, 7) is 17.8. The first-order valence-electron chi connectivity index (χ1n) is 18.3. The van der Waals surface area contributed by atoms with Crippen molar-refractivity contribution >= 4 is 17.8 Å². The van der Waals surface area contributed by atoms with E-state index in [0.717, 1.165) is 69.3 Å². The number of rotatable bonds is 11. The zero-order valence-electron chi connectivity index (χ0n) is 32.8. The monoisotopic (exact) mass is 766 g/mol. The van der Waals surface area contributed by atoms with Crippen molar-refractivity contribution in [2.75, 3.05) is 53.5 Å². The van der Waals surface area contributed by atoms with Crippen molar-refractivity contribution in [3.63, 3.8) is 0 Å². The Morgan fingerprint density at radius 1 is 0.759 bits per heavy atom. The van der Waals surface area contributed by atoms with Gasteiger partial charge in [0.1, 0.15) is 11.5 Å². The van der Waals surface area contributed by atoms with Gasteiger partial charge in [-0.1, -0.05) is 31.7 Å². The van der Waals surface area contributed by atoms with Crippen molar-refractivity contribution in [3.05, 3.63) is 59.7 Å². The molecule has 2 aliphatic heterocycles. The molecule has 2 aromatic carbocycles. The lowest BCUT2D eigenvalue weighted by Crippen LogP contribution is -2.50. The van der Waals surface area contributed by atoms with Gasteiger partial charge in [-0.25, -0.2) is 4.79 Å². The molecule has 0 aromatic heterocycles. The molecule has 0 unspecified atom stereocenters. The van der Waals surface area contributed by atoms with Crippen molar-refractivity contribution in [2.24, 2.45) is 17.6 Å². The number of likely N-dealkylation sites (tertiary alicyclic amines) is 2. The van der Waals surface area contributed by atoms with Gasteiger partial charge in [-0.05, 0) is 146 Å². The number of benzene rings is 2. The van der Waals surface area contributed by atoms with Crippen LogP contribution in [0, 0.1) is 11.8 Å². The van der Waals surface area contributed by atoms with Crippen molar-refractivity contribution in [2.45, 2.75) is 105 Å². The first-order chi connectivity index (χ1) is 24.8. The lowest BCUT2D eigenvalue weighted by atomic mass is 9.88. The highest BCUT2D eigenvalue weighted by molar-refractivity contribution is 5.87. The van der Waals surface area contributed by atoms with Gasteiger partial charge in [-0.3, -0.25) is 19.4 Å². The Balaban J connectivity index is 0.000000431. The molecule has 306 valence electrons. The minimum Gasteiger partial charge on any atom is -0.497 e. The third-order valence-electron chi connectivity index (χ3n) is 9.92. The largest absolute Gasteiger partial charge is 0.497 e. The molecule has 2 aromatic rings. The number of nitrogens with zero attached hydrogens (tertiary/aromatic N) is 2. The summed E-state index contributed by atoms with van der Waals surface area (Å²) < 4.78 is 47.4. The number of methoxy groups -OCH3 is 2. The van der Waals surface area contributed by atoms with Crippen LogP contribution < -0.4 is 20.5 Å². The highest BCUT2D eigenvalue weighted by Crippen LogP contribution is 2.29. The van der Waals surface area contributed by atoms with E-state index in [1.807, 2.05) is 12.1 Å². The van der Waals surface area contributed by atoms with Gasteiger partial charge in [0, 0.05) is 31.5 Å². The van der Waals surface area contributed by atoms with Crippen molar-refractivity contribution in [3.8, 4) is 11.5 Å². The summed E-state index contributed by atoms with van der Waals surface area (Å²) in [4.78, 5) is 35.7. The second-order valence-corrected chi connectivity index (χ2v) is 15.1. The zero-order valence-corrected chi connectivity index (χ0v) is 32.8. The third-order valence-corrected chi connectivity index (χ3v) is 9.92. The average molecular weight is 767 g/mol. The van der Waals surface area contributed by atoms with Gasteiger partial charge >= 0.3 is 18.1 Å². The predicted molar refractivity (Wildman–Crippen MR) is 207 cm³/mol. The molecule has 0 saturated carbocycles. The van der Waals surface area contributed by atoms with Crippen molar-refractivity contribution in [1.29, 1.82) is 0 Å². The number of nitrogens with one attached hydrogen (secondary N) is 1. The highest BCUT2D eigenvalue weighted by Gasteiger charge is 2.42. The Labute approximate surface area is 321 Å². The van der Waals surface area contributed by atoms with Gasteiger partial charge in [0.15, 0.2) is 0 Å². The van der Waals surface area contributed by atoms with E-state index in [9.17, 15) is 27.6 Å². The molecule has 2 aliphatic rings. The Morgan fingerprint density at radius 2 is 1.17 bits per heavy atom. The van der Waals surface area contributed by atoms with Crippen LogP contribution >= 0.6 is 0 Å². The van der Waals surface area contributed by atoms with Crippen LogP contribution in [0.4, 0.5) is 13.2 Å². The summed E-state index contributed by atoms with van der Waals surface area (Å²) in [5.41, 5.74) is 8.76. The Hall–Kier alpha value is -3.68. The molecular formula is C41H65F3N4O6. The minimum absolute atomic E-state index is 0. The van der Waals surface area contributed by atoms with Crippen LogP contribution in [0.15, 0.2) is 48.5 Å². The van der Waals surface area contributed by atoms with Crippen LogP contribution in [0.25, 0.3) is 0 Å². The molecule has 3 N–H and O–H groups in total. The number of hydrogen-bond acceptors (Lipinski definition) is 9. The zero-order chi connectivity index (χ0) is 39.8. The van der Waals surface area contributed by atoms with Crippen LogP contribution in [0.2, 0.25) is 0 Å². The SMILES string of the molecule is C.CC(=O)OC(=O)C(F)(F)F.COc1cccc(CC(C)(C)N2CCC(CN)CC2)c1.COc1cccc(CC(C)(C)N2CCC(CNC(C)=O)CC2)c1. The van der Waals surface area contributed by atoms with Crippen LogP contribution in [0.1, 0.15) is 85.8 Å². The van der Waals surface area contributed by atoms with E-state index in [0.29, 0.717) is 12.8 Å². The molecule has 1 amide bonds. The van der Waals surface area contributed by atoms with Gasteiger partial charge in [0.2, 0.25) is 5.91 Å². The number of carbonyl (C=O) groups excluding carboxylic acids is 3. The number of nitrogens with two attached hydrogens (primary N) is 1. The molecule has 4 rings (SSSR count). The Bertz CT molecular complexity index is 1440. The number of amides is 1. The van der Waals surface area contributed by atoms with E-state index in [-0.39, 0.29) is 24.4 Å². The number of carbonyl (C=O) groups is 3. The molecule has 0 spiro atoms. The lowest BCUT2D eigenvalue weighted by molar-refractivity contribution is -0.201. The fourth-order valence-corrected chi connectivity index (χ4v) is 6.78. The summed E-state index contributed by atoms with van der Waals surface area (Å²) in [6.07, 6.45) is 1.75. The molecule has 2 fully saturated rings. The molecular weight excluding hydrogens is 701 g/mol. The average Bonchev–Trinajstić information content (AvgIpc) is 3.10. The van der Waals surface area contributed by atoms with Crippen LogP contribution in [-0.4, -0.2) is 98.4 Å². The summed E-state index contributed by atoms with van der Waals surface area (Å²) in [6, 6.07) is 16.8. The number of esters is 2. The summed E-state index contributed by atoms with van der Waals surface area (Å²) in [5.74, 6) is -0.484. The van der Waals surface area contributed by atoms with Gasteiger partial charge in [-0.15, -0.1) is 0 Å². The van der Waals surface area contributed by atoms with E-state index in [4.69, 9.17) is 15.2 Å². The maximum absolute atomic E-state index is 11.2. The van der Waals surface area contributed by atoms with E-state index in [1.54, 1.807) is 21.1 Å². The molecule has 10 nitrogen and oxygen atoms in total. The van der Waals surface area contributed by atoms with Gasteiger partial charge in [0.25, 0.3) is 0 Å². The van der Waals surface area contributed by atoms with Gasteiger partial charge in [-0.2, -0.15) is 13.2 Å². The quantitative estimate of drug-likeness (QED) is 0.187. The standard InChI is InChI=1S/C19H30N2O2.C17H28N2O.C4H3F3O3.CH4/c1-15(22)20-14-16-8-10-21(11-9-16)19(2,3)13-17-6-5-7-18(12-17)23-4;1-17(2,19-9-7-14(13-18)8-10-19)12-15-5-4-6-16(11-15)20-3;1-2(8)10-3(9)4(5,6)7;/h5-7,12,16H,8-11,13-14H2,1-4H3,(H,20,22);4-6,11,14H,7-10,12-13,18H2,1-3H3;1H3;1H4. The molecule has 2 heterocycles. The Morgan fingerprint density at radius 3 is 1.48 bits per heavy atom.